The second-order valence-corrected chi connectivity index (χ2v) is 3.50. The number of esters is 2. The lowest BCUT2D eigenvalue weighted by Crippen LogP contribution is -2.16. The third kappa shape index (κ3) is 3.57. The van der Waals surface area contributed by atoms with E-state index >= 15 is 0 Å². The lowest BCUT2D eigenvalue weighted by Gasteiger charge is -2.11. The van der Waals surface area contributed by atoms with Gasteiger partial charge in [-0.3, -0.25) is 4.79 Å². The standard InChI is InChI=1S/C12H15NO4/c1-16-11(14)7-10(13)8-4-3-5-9(6-8)12(15)17-2/h3-6,10H,7,13H2,1-2H3/t10-/m0/s1. The number of benzene rings is 1. The minimum Gasteiger partial charge on any atom is -0.469 e. The molecule has 0 saturated heterocycles. The molecule has 1 aromatic rings. The van der Waals surface area contributed by atoms with Crippen LogP contribution in [0.15, 0.2) is 24.3 Å². The van der Waals surface area contributed by atoms with Gasteiger partial charge in [0.1, 0.15) is 0 Å². The van der Waals surface area contributed by atoms with E-state index in [0.717, 1.165) is 0 Å². The minimum absolute atomic E-state index is 0.0706. The van der Waals surface area contributed by atoms with Gasteiger partial charge in [-0.1, -0.05) is 12.1 Å². The summed E-state index contributed by atoms with van der Waals surface area (Å²) in [5, 5.41) is 0. The van der Waals surface area contributed by atoms with Crippen LogP contribution in [0.3, 0.4) is 0 Å². The molecule has 5 nitrogen and oxygen atoms in total. The first-order valence-electron chi connectivity index (χ1n) is 5.09. The van der Waals surface area contributed by atoms with Crippen LogP contribution in [0.4, 0.5) is 0 Å². The van der Waals surface area contributed by atoms with Gasteiger partial charge in [-0.2, -0.15) is 0 Å². The molecule has 0 unspecified atom stereocenters. The van der Waals surface area contributed by atoms with E-state index in [1.807, 2.05) is 0 Å². The molecule has 1 aromatic carbocycles. The van der Waals surface area contributed by atoms with E-state index < -0.39 is 12.0 Å². The predicted octanol–water partition coefficient (Wildman–Crippen LogP) is 1.04. The molecule has 0 fully saturated rings. The van der Waals surface area contributed by atoms with E-state index in [9.17, 15) is 9.59 Å². The van der Waals surface area contributed by atoms with E-state index in [1.54, 1.807) is 24.3 Å². The predicted molar refractivity (Wildman–Crippen MR) is 61.3 cm³/mol. The average Bonchev–Trinajstić information content (AvgIpc) is 2.37. The minimum atomic E-state index is -0.493. The number of hydrogen-bond acceptors (Lipinski definition) is 5. The number of hydrogen-bond donors (Lipinski definition) is 1. The van der Waals surface area contributed by atoms with Gasteiger partial charge in [0, 0.05) is 6.04 Å². The maximum atomic E-state index is 11.3. The van der Waals surface area contributed by atoms with Crippen molar-refractivity contribution in [2.24, 2.45) is 5.73 Å². The van der Waals surface area contributed by atoms with E-state index in [1.165, 1.54) is 14.2 Å². The van der Waals surface area contributed by atoms with Crippen molar-refractivity contribution >= 4 is 11.9 Å². The summed E-state index contributed by atoms with van der Waals surface area (Å²) in [4.78, 5) is 22.4. The molecule has 1 atom stereocenters. The highest BCUT2D eigenvalue weighted by atomic mass is 16.5. The molecule has 0 amide bonds. The monoisotopic (exact) mass is 237 g/mol. The van der Waals surface area contributed by atoms with Crippen LogP contribution in [0.25, 0.3) is 0 Å². The summed E-state index contributed by atoms with van der Waals surface area (Å²) < 4.78 is 9.13. The zero-order chi connectivity index (χ0) is 12.8. The second kappa shape index (κ2) is 6.00. The highest BCUT2D eigenvalue weighted by molar-refractivity contribution is 5.89. The molecule has 0 bridgehead atoms. The van der Waals surface area contributed by atoms with Crippen LogP contribution < -0.4 is 5.73 Å². The zero-order valence-corrected chi connectivity index (χ0v) is 9.80. The zero-order valence-electron chi connectivity index (χ0n) is 9.80. The van der Waals surface area contributed by atoms with Crippen molar-refractivity contribution < 1.29 is 19.1 Å². The van der Waals surface area contributed by atoms with Gasteiger partial charge >= 0.3 is 11.9 Å². The van der Waals surface area contributed by atoms with Crippen molar-refractivity contribution in [1.29, 1.82) is 0 Å². The molecular weight excluding hydrogens is 222 g/mol. The Hall–Kier alpha value is -1.88. The summed E-state index contributed by atoms with van der Waals surface area (Å²) in [6, 6.07) is 6.19. The molecular formula is C12H15NO4. The summed E-state index contributed by atoms with van der Waals surface area (Å²) in [5.74, 6) is -0.821. The van der Waals surface area contributed by atoms with Crippen LogP contribution in [0, 0.1) is 0 Å². The molecule has 0 saturated carbocycles. The molecule has 17 heavy (non-hydrogen) atoms. The largest absolute Gasteiger partial charge is 0.469 e. The molecule has 0 heterocycles. The van der Waals surface area contributed by atoms with Crippen molar-refractivity contribution in [3.05, 3.63) is 35.4 Å². The lowest BCUT2D eigenvalue weighted by molar-refractivity contribution is -0.141. The van der Waals surface area contributed by atoms with Crippen LogP contribution >= 0.6 is 0 Å². The van der Waals surface area contributed by atoms with Gasteiger partial charge < -0.3 is 15.2 Å². The van der Waals surface area contributed by atoms with E-state index in [2.05, 4.69) is 9.47 Å². The quantitative estimate of drug-likeness (QED) is 0.791. The number of carbonyl (C=O) groups excluding carboxylic acids is 2. The molecule has 0 aliphatic rings. The molecule has 5 heteroatoms. The number of ether oxygens (including phenoxy) is 2. The Labute approximate surface area is 99.5 Å². The molecule has 0 spiro atoms. The van der Waals surface area contributed by atoms with Crippen molar-refractivity contribution in [2.45, 2.75) is 12.5 Å². The fourth-order valence-electron chi connectivity index (χ4n) is 1.39. The molecule has 0 aromatic heterocycles. The van der Waals surface area contributed by atoms with Crippen molar-refractivity contribution in [3.8, 4) is 0 Å². The van der Waals surface area contributed by atoms with Crippen LogP contribution in [-0.2, 0) is 14.3 Å². The van der Waals surface area contributed by atoms with Gasteiger partial charge in [0.15, 0.2) is 0 Å². The number of methoxy groups -OCH3 is 2. The van der Waals surface area contributed by atoms with Crippen LogP contribution in [0.1, 0.15) is 28.4 Å². The Morgan fingerprint density at radius 3 is 2.59 bits per heavy atom. The van der Waals surface area contributed by atoms with Gasteiger partial charge in [-0.25, -0.2) is 4.79 Å². The van der Waals surface area contributed by atoms with E-state index in [0.29, 0.717) is 11.1 Å². The second-order valence-electron chi connectivity index (χ2n) is 3.50. The van der Waals surface area contributed by atoms with Gasteiger partial charge in [0.05, 0.1) is 26.2 Å². The summed E-state index contributed by atoms with van der Waals surface area (Å²) in [5.41, 5.74) is 6.93. The Balaban J connectivity index is 2.84. The van der Waals surface area contributed by atoms with Crippen LogP contribution in [0.5, 0.6) is 0 Å². The summed E-state index contributed by atoms with van der Waals surface area (Å²) in [7, 11) is 2.61. The fraction of sp³-hybridized carbons (Fsp3) is 0.333. The number of rotatable bonds is 4. The van der Waals surface area contributed by atoms with E-state index in [-0.39, 0.29) is 12.4 Å². The SMILES string of the molecule is COC(=O)C[C@H](N)c1cccc(C(=O)OC)c1. The maximum Gasteiger partial charge on any atom is 0.337 e. The van der Waals surface area contributed by atoms with Crippen molar-refractivity contribution in [3.63, 3.8) is 0 Å². The van der Waals surface area contributed by atoms with Crippen molar-refractivity contribution in [2.75, 3.05) is 14.2 Å². The molecule has 0 aliphatic carbocycles. The summed E-state index contributed by atoms with van der Waals surface area (Å²) in [6.45, 7) is 0. The first kappa shape index (κ1) is 13.2. The van der Waals surface area contributed by atoms with Gasteiger partial charge in [-0.15, -0.1) is 0 Å². The molecule has 1 rings (SSSR count). The topological polar surface area (TPSA) is 78.6 Å². The average molecular weight is 237 g/mol. The highest BCUT2D eigenvalue weighted by Gasteiger charge is 2.14. The number of carbonyl (C=O) groups is 2. The molecule has 92 valence electrons. The smallest absolute Gasteiger partial charge is 0.337 e. The number of nitrogens with two attached hydrogens (primary N) is 1. The van der Waals surface area contributed by atoms with E-state index in [4.69, 9.17) is 5.73 Å². The first-order valence-corrected chi connectivity index (χ1v) is 5.09. The fourth-order valence-corrected chi connectivity index (χ4v) is 1.39. The van der Waals surface area contributed by atoms with Crippen LogP contribution in [0.2, 0.25) is 0 Å². The summed E-state index contributed by atoms with van der Waals surface area (Å²) in [6.07, 6.45) is 0.0706. The molecule has 0 aliphatic heterocycles. The first-order chi connectivity index (χ1) is 8.08. The van der Waals surface area contributed by atoms with Gasteiger partial charge in [0.2, 0.25) is 0 Å². The van der Waals surface area contributed by atoms with Gasteiger partial charge in [0.25, 0.3) is 0 Å². The third-order valence-corrected chi connectivity index (χ3v) is 2.35. The summed E-state index contributed by atoms with van der Waals surface area (Å²) >= 11 is 0. The normalized spacial score (nSPS) is 11.7. The Morgan fingerprint density at radius 1 is 1.29 bits per heavy atom. The highest BCUT2D eigenvalue weighted by Crippen LogP contribution is 2.16. The molecule has 0 radical (unpaired) electrons. The van der Waals surface area contributed by atoms with Gasteiger partial charge in [-0.05, 0) is 17.7 Å². The Kier molecular flexibility index (Phi) is 4.66. The molecule has 2 N–H and O–H groups in total. The third-order valence-electron chi connectivity index (χ3n) is 2.35. The van der Waals surface area contributed by atoms with Crippen LogP contribution in [-0.4, -0.2) is 26.2 Å². The Bertz CT molecular complexity index is 417. The lowest BCUT2D eigenvalue weighted by atomic mass is 10.0. The van der Waals surface area contributed by atoms with Crippen molar-refractivity contribution in [1.82, 2.24) is 0 Å². The maximum absolute atomic E-state index is 11.3. The Morgan fingerprint density at radius 2 is 2.00 bits per heavy atom.